The first kappa shape index (κ1) is 28.4. The second-order valence-corrected chi connectivity index (χ2v) is 10.2. The van der Waals surface area contributed by atoms with E-state index in [9.17, 15) is 0 Å². The number of rotatable bonds is 14. The van der Waals surface area contributed by atoms with Crippen LogP contribution in [0.4, 0.5) is 5.69 Å². The van der Waals surface area contributed by atoms with Crippen molar-refractivity contribution in [1.82, 2.24) is 20.1 Å². The van der Waals surface area contributed by atoms with Gasteiger partial charge in [0.1, 0.15) is 30.8 Å². The molecule has 10 heteroatoms. The minimum atomic E-state index is -0.0486. The fraction of sp³-hybridized carbons (Fsp3) is 0.533. The van der Waals surface area contributed by atoms with Gasteiger partial charge in [0.05, 0.1) is 38.2 Å². The van der Waals surface area contributed by atoms with Gasteiger partial charge in [0.2, 0.25) is 0 Å². The number of benzene rings is 2. The van der Waals surface area contributed by atoms with Crippen molar-refractivity contribution < 1.29 is 23.7 Å². The maximum atomic E-state index is 6.64. The fourth-order valence-electron chi connectivity index (χ4n) is 5.49. The maximum Gasteiger partial charge on any atom is 0.142 e. The average molecular weight is 552 g/mol. The van der Waals surface area contributed by atoms with Gasteiger partial charge in [-0.2, -0.15) is 5.10 Å². The number of fused-ring (bicyclic) bond motifs is 1. The highest BCUT2D eigenvalue weighted by atomic mass is 16.5. The molecule has 1 saturated heterocycles. The minimum absolute atomic E-state index is 0.0175. The van der Waals surface area contributed by atoms with Gasteiger partial charge in [0.15, 0.2) is 0 Å². The first-order chi connectivity index (χ1) is 19.7. The summed E-state index contributed by atoms with van der Waals surface area (Å²) in [5, 5.41) is 7.73. The van der Waals surface area contributed by atoms with Crippen LogP contribution in [0.5, 0.6) is 11.5 Å². The third-order valence-corrected chi connectivity index (χ3v) is 7.55. The topological polar surface area (TPSA) is 92.1 Å². The Hall–Kier alpha value is -3.18. The van der Waals surface area contributed by atoms with Crippen LogP contribution in [0.3, 0.4) is 0 Å². The van der Waals surface area contributed by atoms with Gasteiger partial charge in [-0.15, -0.1) is 0 Å². The number of nitrogens with zero attached hydrogens (tertiary/aromatic N) is 4. The lowest BCUT2D eigenvalue weighted by Crippen LogP contribution is -2.50. The van der Waals surface area contributed by atoms with Crippen LogP contribution in [-0.2, 0) is 27.4 Å². The van der Waals surface area contributed by atoms with E-state index in [-0.39, 0.29) is 18.1 Å². The van der Waals surface area contributed by atoms with E-state index in [1.54, 1.807) is 26.9 Å². The van der Waals surface area contributed by atoms with Gasteiger partial charge < -0.3 is 33.9 Å². The molecular formula is C30H41N5O5. The Morgan fingerprint density at radius 1 is 0.975 bits per heavy atom. The zero-order valence-electron chi connectivity index (χ0n) is 23.5. The van der Waals surface area contributed by atoms with Gasteiger partial charge in [-0.05, 0) is 48.2 Å². The number of aryl methyl sites for hydroxylation is 1. The van der Waals surface area contributed by atoms with Gasteiger partial charge in [-0.1, -0.05) is 18.2 Å². The lowest BCUT2D eigenvalue weighted by molar-refractivity contribution is -0.0607. The number of piperidine rings is 1. The van der Waals surface area contributed by atoms with Crippen molar-refractivity contribution in [1.29, 1.82) is 0 Å². The summed E-state index contributed by atoms with van der Waals surface area (Å²) in [5.74, 6) is 1.86. The smallest absolute Gasteiger partial charge is 0.142 e. The molecule has 2 aliphatic heterocycles. The van der Waals surface area contributed by atoms with Crippen LogP contribution in [0.25, 0.3) is 0 Å². The van der Waals surface area contributed by atoms with Crippen molar-refractivity contribution >= 4 is 5.69 Å². The minimum Gasteiger partial charge on any atom is -0.497 e. The molecule has 0 bridgehead atoms. The number of anilines is 1. The van der Waals surface area contributed by atoms with E-state index in [2.05, 4.69) is 50.6 Å². The van der Waals surface area contributed by atoms with Crippen molar-refractivity contribution in [2.24, 2.45) is 0 Å². The van der Waals surface area contributed by atoms with Gasteiger partial charge in [-0.25, -0.2) is 4.98 Å². The summed E-state index contributed by atoms with van der Waals surface area (Å²) >= 11 is 0. The van der Waals surface area contributed by atoms with Crippen LogP contribution in [0.2, 0.25) is 0 Å². The van der Waals surface area contributed by atoms with Gasteiger partial charge in [0, 0.05) is 52.4 Å². The summed E-state index contributed by atoms with van der Waals surface area (Å²) in [6.45, 7) is 6.72. The van der Waals surface area contributed by atoms with Gasteiger partial charge >= 0.3 is 0 Å². The molecule has 1 N–H and O–H groups in total. The molecule has 3 heterocycles. The molecule has 0 amide bonds. The summed E-state index contributed by atoms with van der Waals surface area (Å²) in [6, 6.07) is 14.7. The third kappa shape index (κ3) is 7.31. The van der Waals surface area contributed by atoms with E-state index in [0.717, 1.165) is 74.9 Å². The molecule has 10 nitrogen and oxygen atoms in total. The maximum absolute atomic E-state index is 6.64. The Balaban J connectivity index is 1.26. The van der Waals surface area contributed by atoms with E-state index < -0.39 is 0 Å². The summed E-state index contributed by atoms with van der Waals surface area (Å²) in [5.41, 5.74) is 3.45. The monoisotopic (exact) mass is 551 g/mol. The van der Waals surface area contributed by atoms with Crippen molar-refractivity contribution in [3.8, 4) is 11.5 Å². The first-order valence-corrected chi connectivity index (χ1v) is 14.1. The van der Waals surface area contributed by atoms with Crippen molar-refractivity contribution in [3.63, 3.8) is 0 Å². The summed E-state index contributed by atoms with van der Waals surface area (Å²) < 4.78 is 31.5. The largest absolute Gasteiger partial charge is 0.497 e. The highest BCUT2D eigenvalue weighted by Gasteiger charge is 2.36. The number of hydrogen-bond donors (Lipinski definition) is 1. The second kappa shape index (κ2) is 14.5. The molecule has 2 aromatic carbocycles. The van der Waals surface area contributed by atoms with Crippen LogP contribution in [-0.4, -0.2) is 87.2 Å². The number of ether oxygens (including phenoxy) is 5. The van der Waals surface area contributed by atoms with E-state index in [1.807, 2.05) is 16.8 Å². The average Bonchev–Trinajstić information content (AvgIpc) is 3.52. The Morgan fingerprint density at radius 3 is 2.58 bits per heavy atom. The van der Waals surface area contributed by atoms with E-state index in [0.29, 0.717) is 19.8 Å². The van der Waals surface area contributed by atoms with Crippen molar-refractivity contribution in [2.75, 3.05) is 65.1 Å². The SMILES string of the molecule is COCCCN1CCOc2ccc(CO[C@H]3CNC[C@@H](OCCCn4cncn4)C3c3ccc(OC)cc3)cc21. The molecule has 1 fully saturated rings. The van der Waals surface area contributed by atoms with Crippen molar-refractivity contribution in [3.05, 3.63) is 66.2 Å². The van der Waals surface area contributed by atoms with Crippen LogP contribution < -0.4 is 19.7 Å². The molecule has 5 rings (SSSR count). The van der Waals surface area contributed by atoms with Gasteiger partial charge in [0.25, 0.3) is 0 Å². The molecule has 0 radical (unpaired) electrons. The summed E-state index contributed by atoms with van der Waals surface area (Å²) in [7, 11) is 3.44. The zero-order chi connectivity index (χ0) is 27.6. The molecule has 40 heavy (non-hydrogen) atoms. The molecule has 3 aromatic rings. The number of methoxy groups -OCH3 is 2. The molecule has 1 unspecified atom stereocenters. The summed E-state index contributed by atoms with van der Waals surface area (Å²) in [6.07, 6.45) is 5.07. The molecule has 0 spiro atoms. The third-order valence-electron chi connectivity index (χ3n) is 7.55. The first-order valence-electron chi connectivity index (χ1n) is 14.1. The Bertz CT molecular complexity index is 1160. The van der Waals surface area contributed by atoms with Crippen LogP contribution in [0.15, 0.2) is 55.1 Å². The predicted molar refractivity (Wildman–Crippen MR) is 152 cm³/mol. The van der Waals surface area contributed by atoms with Crippen LogP contribution >= 0.6 is 0 Å². The second-order valence-electron chi connectivity index (χ2n) is 10.2. The predicted octanol–water partition coefficient (Wildman–Crippen LogP) is 3.27. The van der Waals surface area contributed by atoms with Crippen LogP contribution in [0.1, 0.15) is 29.9 Å². The fourth-order valence-corrected chi connectivity index (χ4v) is 5.49. The number of hydrogen-bond acceptors (Lipinski definition) is 9. The highest BCUT2D eigenvalue weighted by Crippen LogP contribution is 2.35. The Morgan fingerprint density at radius 2 is 1.80 bits per heavy atom. The zero-order valence-corrected chi connectivity index (χ0v) is 23.5. The van der Waals surface area contributed by atoms with E-state index >= 15 is 0 Å². The van der Waals surface area contributed by atoms with E-state index in [1.165, 1.54) is 5.56 Å². The molecular weight excluding hydrogens is 510 g/mol. The van der Waals surface area contributed by atoms with E-state index in [4.69, 9.17) is 23.7 Å². The molecule has 1 aromatic heterocycles. The molecule has 3 atom stereocenters. The lowest BCUT2D eigenvalue weighted by Gasteiger charge is -2.39. The number of aromatic nitrogens is 3. The highest BCUT2D eigenvalue weighted by molar-refractivity contribution is 5.61. The molecule has 0 saturated carbocycles. The Kier molecular flexibility index (Phi) is 10.2. The van der Waals surface area contributed by atoms with Crippen LogP contribution in [0, 0.1) is 0 Å². The van der Waals surface area contributed by atoms with Gasteiger partial charge in [-0.3, -0.25) is 4.68 Å². The number of nitrogens with one attached hydrogen (secondary N) is 1. The lowest BCUT2D eigenvalue weighted by atomic mass is 9.85. The molecule has 2 aliphatic rings. The molecule has 0 aliphatic carbocycles. The normalized spacial score (nSPS) is 20.6. The molecule has 216 valence electrons. The summed E-state index contributed by atoms with van der Waals surface area (Å²) in [4.78, 5) is 6.40. The quantitative estimate of drug-likeness (QED) is 0.303. The van der Waals surface area contributed by atoms with Crippen molar-refractivity contribution in [2.45, 2.75) is 44.1 Å². The standard InChI is InChI=1S/C30H41N5O5/c1-36-14-3-11-34-13-16-39-27-10-5-23(17-26(27)34)20-40-29-19-31-18-28(38-15-4-12-35-22-32-21-33-35)30(29)24-6-8-25(37-2)9-7-24/h5-10,17,21-22,28-31H,3-4,11-16,18-20H2,1-2H3/t28-,29+,30?/m1/s1. The Labute approximate surface area is 236 Å².